The topological polar surface area (TPSA) is 53.2 Å². The van der Waals surface area contributed by atoms with Crippen LogP contribution in [0.1, 0.15) is 90.4 Å². The van der Waals surface area contributed by atoms with Gasteiger partial charge < -0.3 is 16.0 Å². The fraction of sp³-hybridized carbons (Fsp3) is 0.667. The van der Waals surface area contributed by atoms with Gasteiger partial charge in [0.2, 0.25) is 9.70 Å². The molecule has 1 atom stereocenters. The summed E-state index contributed by atoms with van der Waals surface area (Å²) in [6.45, 7) is 2.25. The number of hydrogen-bond donors (Lipinski definition) is 3. The molecular weight excluding hydrogens is 485 g/mol. The second-order valence-electron chi connectivity index (χ2n) is 8.15. The molecule has 3 N–H and O–H groups in total. The zero-order valence-electron chi connectivity index (χ0n) is 19.1. The van der Waals surface area contributed by atoms with E-state index in [1.54, 1.807) is 0 Å². The zero-order chi connectivity index (χ0) is 23.7. The van der Waals surface area contributed by atoms with Crippen LogP contribution in [0.15, 0.2) is 30.3 Å². The molecule has 0 aliphatic rings. The Hall–Kier alpha value is -0.750. The van der Waals surface area contributed by atoms with Crippen LogP contribution in [-0.2, 0) is 4.79 Å². The second kappa shape index (κ2) is 17.7. The average Bonchev–Trinajstić information content (AvgIpc) is 2.74. The number of thiocarbonyl (C=S) groups is 1. The van der Waals surface area contributed by atoms with Crippen molar-refractivity contribution in [2.75, 3.05) is 5.32 Å². The Labute approximate surface area is 214 Å². The predicted molar refractivity (Wildman–Crippen MR) is 144 cm³/mol. The predicted octanol–water partition coefficient (Wildman–Crippen LogP) is 7.88. The molecule has 1 aromatic carbocycles. The van der Waals surface area contributed by atoms with E-state index in [4.69, 9.17) is 47.0 Å². The third-order valence-corrected chi connectivity index (χ3v) is 6.07. The van der Waals surface area contributed by atoms with E-state index < -0.39 is 9.96 Å². The first kappa shape index (κ1) is 29.3. The van der Waals surface area contributed by atoms with Crippen molar-refractivity contribution >= 4 is 63.7 Å². The van der Waals surface area contributed by atoms with E-state index >= 15 is 0 Å². The number of anilines is 1. The molecule has 0 radical (unpaired) electrons. The zero-order valence-corrected chi connectivity index (χ0v) is 22.2. The third kappa shape index (κ3) is 15.2. The Morgan fingerprint density at radius 3 is 1.84 bits per heavy atom. The van der Waals surface area contributed by atoms with Crippen molar-refractivity contribution in [1.29, 1.82) is 0 Å². The Balaban J connectivity index is 2.18. The number of amides is 1. The molecule has 8 heteroatoms. The van der Waals surface area contributed by atoms with Crippen LogP contribution in [0.2, 0.25) is 0 Å². The highest BCUT2D eigenvalue weighted by molar-refractivity contribution is 7.80. The van der Waals surface area contributed by atoms with Crippen LogP contribution < -0.4 is 16.0 Å². The molecule has 0 aromatic heterocycles. The monoisotopic (exact) mass is 521 g/mol. The molecule has 4 nitrogen and oxygen atoms in total. The highest BCUT2D eigenvalue weighted by atomic mass is 35.6. The largest absolute Gasteiger partial charge is 0.339 e. The van der Waals surface area contributed by atoms with Gasteiger partial charge in [0.05, 0.1) is 0 Å². The molecule has 0 bridgehead atoms. The van der Waals surface area contributed by atoms with Gasteiger partial charge in [0, 0.05) is 12.1 Å². The van der Waals surface area contributed by atoms with E-state index in [0.29, 0.717) is 6.42 Å². The minimum Gasteiger partial charge on any atom is -0.339 e. The average molecular weight is 523 g/mol. The lowest BCUT2D eigenvalue weighted by Crippen LogP contribution is -2.56. The van der Waals surface area contributed by atoms with Crippen molar-refractivity contribution in [3.63, 3.8) is 0 Å². The standard InChI is InChI=1S/C24H38Cl3N3OS/c1-2-3-4-5-6-7-8-9-10-11-12-16-19-21(31)29-22(24(25,26)27)30-23(32)28-20-17-14-13-15-18-20/h13-15,17-18,22H,2-12,16,19H2,1H3,(H,29,31)(H2,28,30,32)/t22-/m1/s1. The Kier molecular flexibility index (Phi) is 16.2. The van der Waals surface area contributed by atoms with Crippen LogP contribution in [-0.4, -0.2) is 21.0 Å². The summed E-state index contributed by atoms with van der Waals surface area (Å²) in [4.78, 5) is 12.3. The van der Waals surface area contributed by atoms with Gasteiger partial charge in [-0.3, -0.25) is 4.79 Å². The van der Waals surface area contributed by atoms with Crippen LogP contribution in [0.4, 0.5) is 5.69 Å². The number of halogens is 3. The summed E-state index contributed by atoms with van der Waals surface area (Å²) in [5, 5.41) is 8.88. The van der Waals surface area contributed by atoms with Crippen LogP contribution in [0.3, 0.4) is 0 Å². The Bertz CT molecular complexity index is 641. The molecular formula is C24H38Cl3N3OS. The van der Waals surface area contributed by atoms with Gasteiger partial charge in [-0.05, 0) is 30.8 Å². The van der Waals surface area contributed by atoms with Crippen LogP contribution in [0, 0.1) is 0 Å². The lowest BCUT2D eigenvalue weighted by molar-refractivity contribution is -0.122. The molecule has 0 spiro atoms. The van der Waals surface area contributed by atoms with E-state index in [1.807, 2.05) is 30.3 Å². The van der Waals surface area contributed by atoms with Crippen molar-refractivity contribution < 1.29 is 4.79 Å². The van der Waals surface area contributed by atoms with Gasteiger partial charge >= 0.3 is 0 Å². The number of rotatable bonds is 16. The van der Waals surface area contributed by atoms with Crippen molar-refractivity contribution in [2.45, 2.75) is 100 Å². The first-order valence-corrected chi connectivity index (χ1v) is 13.4. The minimum absolute atomic E-state index is 0.164. The number of carbonyl (C=O) groups excluding carboxylic acids is 1. The molecule has 1 amide bonds. The maximum absolute atomic E-state index is 12.3. The van der Waals surface area contributed by atoms with Gasteiger partial charge in [-0.25, -0.2) is 0 Å². The molecule has 0 saturated carbocycles. The van der Waals surface area contributed by atoms with E-state index in [1.165, 1.54) is 57.8 Å². The van der Waals surface area contributed by atoms with Crippen molar-refractivity contribution in [1.82, 2.24) is 10.6 Å². The lowest BCUT2D eigenvalue weighted by atomic mass is 10.0. The van der Waals surface area contributed by atoms with Crippen molar-refractivity contribution in [2.24, 2.45) is 0 Å². The number of para-hydroxylation sites is 1. The van der Waals surface area contributed by atoms with Crippen molar-refractivity contribution in [3.8, 4) is 0 Å². The molecule has 0 saturated heterocycles. The minimum atomic E-state index is -1.74. The number of carbonyl (C=O) groups is 1. The molecule has 0 fully saturated rings. The number of alkyl halides is 3. The first-order chi connectivity index (χ1) is 15.3. The van der Waals surface area contributed by atoms with Crippen LogP contribution in [0.25, 0.3) is 0 Å². The summed E-state index contributed by atoms with van der Waals surface area (Å²) in [5.74, 6) is -0.164. The van der Waals surface area contributed by atoms with E-state index in [-0.39, 0.29) is 11.0 Å². The van der Waals surface area contributed by atoms with Crippen LogP contribution >= 0.6 is 47.0 Å². The smallest absolute Gasteiger partial charge is 0.228 e. The maximum atomic E-state index is 12.3. The summed E-state index contributed by atoms with van der Waals surface area (Å²) in [6, 6.07) is 9.40. The Morgan fingerprint density at radius 1 is 0.844 bits per heavy atom. The highest BCUT2D eigenvalue weighted by Gasteiger charge is 2.34. The Morgan fingerprint density at radius 2 is 1.34 bits per heavy atom. The second-order valence-corrected chi connectivity index (χ2v) is 10.9. The summed E-state index contributed by atoms with van der Waals surface area (Å²) < 4.78 is -1.74. The number of hydrogen-bond acceptors (Lipinski definition) is 2. The van der Waals surface area contributed by atoms with Crippen LogP contribution in [0.5, 0.6) is 0 Å². The molecule has 0 aliphatic carbocycles. The summed E-state index contributed by atoms with van der Waals surface area (Å²) in [5.41, 5.74) is 0.802. The van der Waals surface area contributed by atoms with E-state index in [0.717, 1.165) is 24.9 Å². The SMILES string of the molecule is CCCCCCCCCCCCCCC(=O)N[C@H](NC(=S)Nc1ccccc1)C(Cl)(Cl)Cl. The molecule has 1 aromatic rings. The quantitative estimate of drug-likeness (QED) is 0.0894. The molecule has 1 rings (SSSR count). The summed E-state index contributed by atoms with van der Waals surface area (Å²) in [6.07, 6.45) is 14.4. The van der Waals surface area contributed by atoms with Gasteiger partial charge in [-0.2, -0.15) is 0 Å². The van der Waals surface area contributed by atoms with Gasteiger partial charge in [0.15, 0.2) is 5.11 Å². The van der Waals surface area contributed by atoms with Gasteiger partial charge in [0.25, 0.3) is 0 Å². The summed E-state index contributed by atoms with van der Waals surface area (Å²) in [7, 11) is 0. The fourth-order valence-corrected chi connectivity index (χ4v) is 3.94. The van der Waals surface area contributed by atoms with Gasteiger partial charge in [-0.15, -0.1) is 0 Å². The summed E-state index contributed by atoms with van der Waals surface area (Å²) >= 11 is 23.4. The first-order valence-electron chi connectivity index (χ1n) is 11.8. The van der Waals surface area contributed by atoms with E-state index in [2.05, 4.69) is 22.9 Å². The normalized spacial score (nSPS) is 12.2. The number of benzene rings is 1. The number of unbranched alkanes of at least 4 members (excludes halogenated alkanes) is 11. The number of nitrogens with one attached hydrogen (secondary N) is 3. The maximum Gasteiger partial charge on any atom is 0.228 e. The lowest BCUT2D eigenvalue weighted by Gasteiger charge is -2.27. The third-order valence-electron chi connectivity index (χ3n) is 5.20. The van der Waals surface area contributed by atoms with E-state index in [9.17, 15) is 4.79 Å². The molecule has 0 aliphatic heterocycles. The molecule has 182 valence electrons. The van der Waals surface area contributed by atoms with Gasteiger partial charge in [0.1, 0.15) is 6.17 Å². The van der Waals surface area contributed by atoms with Crippen molar-refractivity contribution in [3.05, 3.63) is 30.3 Å². The molecule has 32 heavy (non-hydrogen) atoms. The van der Waals surface area contributed by atoms with Gasteiger partial charge in [-0.1, -0.05) is 131 Å². The highest BCUT2D eigenvalue weighted by Crippen LogP contribution is 2.29. The fourth-order valence-electron chi connectivity index (χ4n) is 3.38. The molecule has 0 heterocycles. The molecule has 0 unspecified atom stereocenters.